The quantitative estimate of drug-likeness (QED) is 0.770. The number of benzene rings is 1. The molecule has 0 spiro atoms. The summed E-state index contributed by atoms with van der Waals surface area (Å²) in [5, 5.41) is 0. The number of rotatable bonds is 4. The molecule has 10 heteroatoms. The zero-order valence-corrected chi connectivity index (χ0v) is 15.9. The molecule has 1 aliphatic heterocycles. The van der Waals surface area contributed by atoms with Gasteiger partial charge in [-0.25, -0.2) is 16.8 Å². The maximum absolute atomic E-state index is 12.6. The molecule has 2 rings (SSSR count). The minimum absolute atomic E-state index is 0. The molecule has 1 aliphatic rings. The van der Waals surface area contributed by atoms with Crippen molar-refractivity contribution in [2.75, 3.05) is 25.9 Å². The van der Waals surface area contributed by atoms with Crippen LogP contribution < -0.4 is 5.73 Å². The Kier molecular flexibility index (Phi) is 6.45. The Labute approximate surface area is 145 Å². The Morgan fingerprint density at radius 3 is 2.41 bits per heavy atom. The highest BCUT2D eigenvalue weighted by atomic mass is 79.9. The second-order valence-electron chi connectivity index (χ2n) is 5.12. The van der Waals surface area contributed by atoms with Crippen LogP contribution >= 0.6 is 28.3 Å². The molecule has 0 amide bonds. The minimum atomic E-state index is -3.64. The first-order valence-corrected chi connectivity index (χ1v) is 10.5. The highest BCUT2D eigenvalue weighted by molar-refractivity contribution is 9.10. The lowest BCUT2D eigenvalue weighted by atomic mass is 10.1. The van der Waals surface area contributed by atoms with Gasteiger partial charge in [0.1, 0.15) is 0 Å². The molecule has 6 nitrogen and oxygen atoms in total. The van der Waals surface area contributed by atoms with E-state index in [9.17, 15) is 16.8 Å². The zero-order valence-electron chi connectivity index (χ0n) is 11.9. The lowest BCUT2D eigenvalue weighted by molar-refractivity contribution is 0.458. The van der Waals surface area contributed by atoms with E-state index in [1.165, 1.54) is 22.5 Å². The Morgan fingerprint density at radius 2 is 1.95 bits per heavy atom. The second kappa shape index (κ2) is 7.14. The molecule has 0 bridgehead atoms. The molecular weight excluding hydrogens is 416 g/mol. The number of halogens is 2. The van der Waals surface area contributed by atoms with Gasteiger partial charge in [-0.2, -0.15) is 4.31 Å². The van der Waals surface area contributed by atoms with Gasteiger partial charge in [-0.1, -0.05) is 0 Å². The van der Waals surface area contributed by atoms with E-state index in [1.54, 1.807) is 0 Å². The van der Waals surface area contributed by atoms with Gasteiger partial charge in [0, 0.05) is 23.8 Å². The second-order valence-corrected chi connectivity index (χ2v) is 9.89. The molecular formula is C12H18BrClN2O4S2. The van der Waals surface area contributed by atoms with E-state index in [4.69, 9.17) is 5.73 Å². The topological polar surface area (TPSA) is 97.5 Å². The molecule has 0 radical (unpaired) electrons. The number of hydrogen-bond donors (Lipinski definition) is 1. The van der Waals surface area contributed by atoms with Gasteiger partial charge in [-0.15, -0.1) is 12.4 Å². The number of nitrogens with two attached hydrogens (primary N) is 1. The SMILES string of the molecule is CS(=O)(=O)c1ccc(S(=O)(=O)N2CCC(CN)C2)c(Br)c1.Cl. The summed E-state index contributed by atoms with van der Waals surface area (Å²) in [6.07, 6.45) is 1.82. The average Bonchev–Trinajstić information content (AvgIpc) is 2.86. The van der Waals surface area contributed by atoms with Gasteiger partial charge in [-0.05, 0) is 53.0 Å². The highest BCUT2D eigenvalue weighted by Crippen LogP contribution is 2.30. The van der Waals surface area contributed by atoms with Crippen LogP contribution in [-0.4, -0.2) is 47.0 Å². The number of sulfonamides is 1. The van der Waals surface area contributed by atoms with Crippen molar-refractivity contribution in [1.29, 1.82) is 0 Å². The molecule has 22 heavy (non-hydrogen) atoms. The Morgan fingerprint density at radius 1 is 1.32 bits per heavy atom. The summed E-state index contributed by atoms with van der Waals surface area (Å²) in [6, 6.07) is 3.95. The highest BCUT2D eigenvalue weighted by Gasteiger charge is 2.33. The molecule has 1 aromatic rings. The standard InChI is InChI=1S/C12H17BrN2O4S2.ClH/c1-20(16,17)10-2-3-12(11(13)6-10)21(18,19)15-5-4-9(7-14)8-15;/h2-3,6,9H,4-5,7-8,14H2,1H3;1H. The molecule has 1 heterocycles. The molecule has 1 saturated heterocycles. The van der Waals surface area contributed by atoms with Crippen LogP contribution in [0.4, 0.5) is 0 Å². The fraction of sp³-hybridized carbons (Fsp3) is 0.500. The van der Waals surface area contributed by atoms with Crippen molar-refractivity contribution in [1.82, 2.24) is 4.31 Å². The third-order valence-corrected chi connectivity index (χ3v) is 7.48. The van der Waals surface area contributed by atoms with Gasteiger partial charge in [0.05, 0.1) is 9.79 Å². The van der Waals surface area contributed by atoms with E-state index >= 15 is 0 Å². The number of hydrogen-bond acceptors (Lipinski definition) is 5. The van der Waals surface area contributed by atoms with Gasteiger partial charge < -0.3 is 5.73 Å². The van der Waals surface area contributed by atoms with Gasteiger partial charge >= 0.3 is 0 Å². The zero-order chi connectivity index (χ0) is 15.8. The molecule has 1 fully saturated rings. The van der Waals surface area contributed by atoms with E-state index in [0.717, 1.165) is 12.7 Å². The number of sulfone groups is 1. The predicted octanol–water partition coefficient (Wildman–Crippen LogP) is 1.24. The summed E-state index contributed by atoms with van der Waals surface area (Å²) < 4.78 is 49.8. The van der Waals surface area contributed by atoms with Gasteiger partial charge in [-0.3, -0.25) is 0 Å². The largest absolute Gasteiger partial charge is 0.330 e. The van der Waals surface area contributed by atoms with Crippen molar-refractivity contribution >= 4 is 48.2 Å². The summed E-state index contributed by atoms with van der Waals surface area (Å²) in [5.41, 5.74) is 5.58. The maximum atomic E-state index is 12.6. The van der Waals surface area contributed by atoms with Crippen molar-refractivity contribution in [3.63, 3.8) is 0 Å². The van der Waals surface area contributed by atoms with Crippen LogP contribution in [0, 0.1) is 5.92 Å². The van der Waals surface area contributed by atoms with Crippen LogP contribution in [0.15, 0.2) is 32.5 Å². The van der Waals surface area contributed by atoms with Crippen molar-refractivity contribution in [3.8, 4) is 0 Å². The first-order valence-electron chi connectivity index (χ1n) is 6.36. The summed E-state index contributed by atoms with van der Waals surface area (Å²) in [4.78, 5) is 0.155. The third kappa shape index (κ3) is 4.01. The van der Waals surface area contributed by atoms with E-state index in [0.29, 0.717) is 19.6 Å². The Bertz CT molecular complexity index is 752. The van der Waals surface area contributed by atoms with Crippen LogP contribution in [-0.2, 0) is 19.9 Å². The van der Waals surface area contributed by atoms with Crippen molar-refractivity contribution in [3.05, 3.63) is 22.7 Å². The van der Waals surface area contributed by atoms with Gasteiger partial charge in [0.15, 0.2) is 9.84 Å². The molecule has 1 atom stereocenters. The predicted molar refractivity (Wildman–Crippen MR) is 90.4 cm³/mol. The Hall–Kier alpha value is -0.190. The molecule has 0 aromatic heterocycles. The van der Waals surface area contributed by atoms with Crippen molar-refractivity contribution in [2.24, 2.45) is 11.7 Å². The third-order valence-electron chi connectivity index (χ3n) is 3.53. The Balaban J connectivity index is 0.00000242. The molecule has 2 N–H and O–H groups in total. The van der Waals surface area contributed by atoms with Crippen LogP contribution in [0.3, 0.4) is 0 Å². The lowest BCUT2D eigenvalue weighted by Crippen LogP contribution is -2.30. The van der Waals surface area contributed by atoms with E-state index < -0.39 is 19.9 Å². The monoisotopic (exact) mass is 432 g/mol. The molecule has 126 valence electrons. The maximum Gasteiger partial charge on any atom is 0.244 e. The van der Waals surface area contributed by atoms with Crippen molar-refractivity contribution < 1.29 is 16.8 Å². The van der Waals surface area contributed by atoms with Gasteiger partial charge in [0.25, 0.3) is 0 Å². The smallest absolute Gasteiger partial charge is 0.244 e. The summed E-state index contributed by atoms with van der Waals surface area (Å²) in [6.45, 7) is 1.30. The average molecular weight is 434 g/mol. The molecule has 1 aromatic carbocycles. The fourth-order valence-corrected chi connectivity index (χ4v) is 5.64. The summed E-state index contributed by atoms with van der Waals surface area (Å²) in [5.74, 6) is 0.175. The first-order chi connectivity index (χ1) is 9.66. The normalized spacial score (nSPS) is 19.9. The van der Waals surface area contributed by atoms with Crippen molar-refractivity contribution in [2.45, 2.75) is 16.2 Å². The van der Waals surface area contributed by atoms with E-state index in [-0.39, 0.29) is 32.6 Å². The molecule has 1 unspecified atom stereocenters. The van der Waals surface area contributed by atoms with Crippen LogP contribution in [0.2, 0.25) is 0 Å². The lowest BCUT2D eigenvalue weighted by Gasteiger charge is -2.17. The van der Waals surface area contributed by atoms with E-state index in [2.05, 4.69) is 15.9 Å². The molecule has 0 saturated carbocycles. The van der Waals surface area contributed by atoms with Crippen LogP contribution in [0.1, 0.15) is 6.42 Å². The number of nitrogens with zero attached hydrogens (tertiary/aromatic N) is 1. The van der Waals surface area contributed by atoms with Gasteiger partial charge in [0.2, 0.25) is 10.0 Å². The summed E-state index contributed by atoms with van der Waals surface area (Å²) in [7, 11) is -7.01. The van der Waals surface area contributed by atoms with Crippen LogP contribution in [0.5, 0.6) is 0 Å². The molecule has 0 aliphatic carbocycles. The minimum Gasteiger partial charge on any atom is -0.330 e. The first kappa shape index (κ1) is 19.9. The summed E-state index contributed by atoms with van der Waals surface area (Å²) >= 11 is 3.16. The van der Waals surface area contributed by atoms with E-state index in [1.807, 2.05) is 0 Å². The fourth-order valence-electron chi connectivity index (χ4n) is 2.27. The van der Waals surface area contributed by atoms with Crippen LogP contribution in [0.25, 0.3) is 0 Å².